The van der Waals surface area contributed by atoms with Crippen molar-refractivity contribution in [3.63, 3.8) is 0 Å². The molecule has 0 aliphatic rings. The lowest BCUT2D eigenvalue weighted by atomic mass is 10.1. The van der Waals surface area contributed by atoms with Crippen LogP contribution in [-0.2, 0) is 0 Å². The Balaban J connectivity index is 3.07. The monoisotopic (exact) mass is 277 g/mol. The van der Waals surface area contributed by atoms with E-state index in [1.165, 1.54) is 0 Å². The highest BCUT2D eigenvalue weighted by Crippen LogP contribution is 2.22. The Labute approximate surface area is 85.9 Å². The van der Waals surface area contributed by atoms with Gasteiger partial charge in [-0.25, -0.2) is 0 Å². The SMILES string of the molecule is CN[C@@H](C)c1cncc(I)c1N. The summed E-state index contributed by atoms with van der Waals surface area (Å²) in [7, 11) is 1.91. The van der Waals surface area contributed by atoms with E-state index in [4.69, 9.17) is 5.73 Å². The topological polar surface area (TPSA) is 50.9 Å². The highest BCUT2D eigenvalue weighted by Gasteiger charge is 2.08. The van der Waals surface area contributed by atoms with Crippen molar-refractivity contribution in [3.8, 4) is 0 Å². The van der Waals surface area contributed by atoms with Crippen molar-refractivity contribution in [2.24, 2.45) is 0 Å². The number of halogens is 1. The highest BCUT2D eigenvalue weighted by molar-refractivity contribution is 14.1. The van der Waals surface area contributed by atoms with E-state index in [1.807, 2.05) is 7.05 Å². The van der Waals surface area contributed by atoms with Gasteiger partial charge in [-0.1, -0.05) is 0 Å². The minimum absolute atomic E-state index is 0.257. The van der Waals surface area contributed by atoms with Crippen LogP contribution in [0.15, 0.2) is 12.4 Å². The summed E-state index contributed by atoms with van der Waals surface area (Å²) in [5.74, 6) is 0. The zero-order chi connectivity index (χ0) is 9.14. The van der Waals surface area contributed by atoms with Gasteiger partial charge in [-0.3, -0.25) is 4.98 Å². The van der Waals surface area contributed by atoms with E-state index in [2.05, 4.69) is 39.8 Å². The van der Waals surface area contributed by atoms with E-state index >= 15 is 0 Å². The fraction of sp³-hybridized carbons (Fsp3) is 0.375. The first kappa shape index (κ1) is 9.73. The Bertz CT molecular complexity index is 275. The number of anilines is 1. The molecule has 0 spiro atoms. The van der Waals surface area contributed by atoms with Crippen LogP contribution >= 0.6 is 22.6 Å². The fourth-order valence-electron chi connectivity index (χ4n) is 0.961. The summed E-state index contributed by atoms with van der Waals surface area (Å²) in [4.78, 5) is 4.09. The van der Waals surface area contributed by atoms with Gasteiger partial charge in [0, 0.05) is 24.0 Å². The number of hydrogen-bond acceptors (Lipinski definition) is 3. The highest BCUT2D eigenvalue weighted by atomic mass is 127. The average molecular weight is 277 g/mol. The van der Waals surface area contributed by atoms with Gasteiger partial charge in [0.2, 0.25) is 0 Å². The van der Waals surface area contributed by atoms with Crippen LogP contribution in [-0.4, -0.2) is 12.0 Å². The van der Waals surface area contributed by atoms with Gasteiger partial charge in [-0.15, -0.1) is 0 Å². The zero-order valence-electron chi connectivity index (χ0n) is 7.13. The molecule has 0 aromatic carbocycles. The molecule has 0 aliphatic heterocycles. The Morgan fingerprint density at radius 3 is 2.83 bits per heavy atom. The van der Waals surface area contributed by atoms with Crippen LogP contribution in [0.3, 0.4) is 0 Å². The maximum Gasteiger partial charge on any atom is 0.0546 e. The smallest absolute Gasteiger partial charge is 0.0546 e. The number of pyridine rings is 1. The molecule has 0 amide bonds. The standard InChI is InChI=1S/C8H12IN3/c1-5(11-2)6-3-12-4-7(9)8(6)10/h3-5,11H,1-2H3,(H2,10,12)/t5-/m0/s1. The summed E-state index contributed by atoms with van der Waals surface area (Å²) in [5, 5.41) is 3.13. The summed E-state index contributed by atoms with van der Waals surface area (Å²) in [6, 6.07) is 0.257. The second kappa shape index (κ2) is 4.04. The van der Waals surface area contributed by atoms with Gasteiger partial charge in [0.05, 0.1) is 9.26 Å². The van der Waals surface area contributed by atoms with Gasteiger partial charge in [0.25, 0.3) is 0 Å². The maximum atomic E-state index is 5.87. The molecule has 66 valence electrons. The third-order valence-electron chi connectivity index (χ3n) is 1.87. The van der Waals surface area contributed by atoms with Crippen LogP contribution < -0.4 is 11.1 Å². The molecule has 0 aliphatic carbocycles. The van der Waals surface area contributed by atoms with Crippen molar-refractivity contribution in [2.75, 3.05) is 12.8 Å². The molecular formula is C8H12IN3. The van der Waals surface area contributed by atoms with Gasteiger partial charge >= 0.3 is 0 Å². The van der Waals surface area contributed by atoms with Crippen LogP contribution in [0.2, 0.25) is 0 Å². The largest absolute Gasteiger partial charge is 0.398 e. The number of nitrogens with one attached hydrogen (secondary N) is 1. The molecule has 0 fully saturated rings. The number of nitrogens with zero attached hydrogens (tertiary/aromatic N) is 1. The second-order valence-electron chi connectivity index (χ2n) is 2.63. The molecule has 3 nitrogen and oxygen atoms in total. The summed E-state index contributed by atoms with van der Waals surface area (Å²) in [6.45, 7) is 2.06. The molecule has 0 unspecified atom stereocenters. The Morgan fingerprint density at radius 1 is 1.58 bits per heavy atom. The summed E-state index contributed by atoms with van der Waals surface area (Å²) >= 11 is 2.18. The van der Waals surface area contributed by atoms with Gasteiger partial charge in [-0.05, 0) is 36.6 Å². The van der Waals surface area contributed by atoms with Crippen molar-refractivity contribution >= 4 is 28.3 Å². The second-order valence-corrected chi connectivity index (χ2v) is 3.80. The molecule has 0 saturated heterocycles. The molecule has 0 radical (unpaired) electrons. The molecule has 1 aromatic rings. The van der Waals surface area contributed by atoms with E-state index in [0.717, 1.165) is 14.8 Å². The molecule has 1 atom stereocenters. The fourth-order valence-corrected chi connectivity index (χ4v) is 1.43. The van der Waals surface area contributed by atoms with Gasteiger partial charge in [-0.2, -0.15) is 0 Å². The van der Waals surface area contributed by atoms with Gasteiger partial charge in [0.1, 0.15) is 0 Å². The van der Waals surface area contributed by atoms with Gasteiger partial charge < -0.3 is 11.1 Å². The molecule has 1 rings (SSSR count). The van der Waals surface area contributed by atoms with Crippen molar-refractivity contribution < 1.29 is 0 Å². The van der Waals surface area contributed by atoms with Crippen LogP contribution in [0.1, 0.15) is 18.5 Å². The average Bonchev–Trinajstić information content (AvgIpc) is 2.08. The van der Waals surface area contributed by atoms with E-state index in [1.54, 1.807) is 12.4 Å². The van der Waals surface area contributed by atoms with E-state index in [0.29, 0.717) is 0 Å². The third-order valence-corrected chi connectivity index (χ3v) is 2.73. The Hall–Kier alpha value is -0.360. The van der Waals surface area contributed by atoms with Crippen molar-refractivity contribution in [1.82, 2.24) is 10.3 Å². The third kappa shape index (κ3) is 1.87. The minimum atomic E-state index is 0.257. The van der Waals surface area contributed by atoms with Crippen molar-refractivity contribution in [3.05, 3.63) is 21.5 Å². The van der Waals surface area contributed by atoms with Crippen LogP contribution in [0, 0.1) is 3.57 Å². The quantitative estimate of drug-likeness (QED) is 0.806. The van der Waals surface area contributed by atoms with Crippen LogP contribution in [0.5, 0.6) is 0 Å². The number of nitrogen functional groups attached to an aromatic ring is 1. The molecule has 1 heterocycles. The first-order chi connectivity index (χ1) is 5.66. The lowest BCUT2D eigenvalue weighted by Crippen LogP contribution is -2.15. The predicted molar refractivity (Wildman–Crippen MR) is 58.8 cm³/mol. The molecule has 1 aromatic heterocycles. The number of rotatable bonds is 2. The number of aromatic nitrogens is 1. The maximum absolute atomic E-state index is 5.87. The Morgan fingerprint density at radius 2 is 2.25 bits per heavy atom. The molecule has 12 heavy (non-hydrogen) atoms. The normalized spacial score (nSPS) is 12.9. The first-order valence-electron chi connectivity index (χ1n) is 3.73. The molecule has 0 saturated carbocycles. The summed E-state index contributed by atoms with van der Waals surface area (Å²) < 4.78 is 1.01. The lowest BCUT2D eigenvalue weighted by molar-refractivity contribution is 0.651. The molecule has 3 N–H and O–H groups in total. The lowest BCUT2D eigenvalue weighted by Gasteiger charge is -2.13. The molecule has 4 heteroatoms. The summed E-state index contributed by atoms with van der Waals surface area (Å²) in [6.07, 6.45) is 3.57. The van der Waals surface area contributed by atoms with E-state index in [-0.39, 0.29) is 6.04 Å². The van der Waals surface area contributed by atoms with Crippen LogP contribution in [0.4, 0.5) is 5.69 Å². The van der Waals surface area contributed by atoms with Crippen LogP contribution in [0.25, 0.3) is 0 Å². The minimum Gasteiger partial charge on any atom is -0.398 e. The first-order valence-corrected chi connectivity index (χ1v) is 4.80. The summed E-state index contributed by atoms with van der Waals surface area (Å²) in [5.41, 5.74) is 7.76. The number of nitrogens with two attached hydrogens (primary N) is 1. The number of hydrogen-bond donors (Lipinski definition) is 2. The molecular weight excluding hydrogens is 265 g/mol. The van der Waals surface area contributed by atoms with Crippen molar-refractivity contribution in [1.29, 1.82) is 0 Å². The van der Waals surface area contributed by atoms with E-state index in [9.17, 15) is 0 Å². The van der Waals surface area contributed by atoms with E-state index < -0.39 is 0 Å². The zero-order valence-corrected chi connectivity index (χ0v) is 9.29. The van der Waals surface area contributed by atoms with Crippen molar-refractivity contribution in [2.45, 2.75) is 13.0 Å². The Kier molecular flexibility index (Phi) is 3.28. The molecule has 0 bridgehead atoms. The van der Waals surface area contributed by atoms with Gasteiger partial charge in [0.15, 0.2) is 0 Å². The predicted octanol–water partition coefficient (Wildman–Crippen LogP) is 1.55.